The minimum atomic E-state index is 0.619. The van der Waals surface area contributed by atoms with Gasteiger partial charge in [0.15, 0.2) is 5.82 Å². The highest BCUT2D eigenvalue weighted by molar-refractivity contribution is 7.98. The van der Waals surface area contributed by atoms with Gasteiger partial charge in [-0.3, -0.25) is 0 Å². The number of ether oxygens (including phenoxy) is 1. The number of aromatic nitrogens is 4. The fraction of sp³-hybridized carbons (Fsp3) is 0.150. The average Bonchev–Trinajstić information content (AvgIpc) is 3.33. The number of thioether (sulfide) groups is 1. The van der Waals surface area contributed by atoms with Crippen LogP contribution < -0.4 is 10.6 Å². The van der Waals surface area contributed by atoms with E-state index in [1.807, 2.05) is 42.5 Å². The van der Waals surface area contributed by atoms with Gasteiger partial charge >= 0.3 is 0 Å². The molecule has 0 aliphatic rings. The van der Waals surface area contributed by atoms with E-state index in [0.717, 1.165) is 28.4 Å². The second kappa shape index (κ2) is 8.45. The van der Waals surface area contributed by atoms with Crippen LogP contribution in [0, 0.1) is 0 Å². The Bertz CT molecular complexity index is 1040. The van der Waals surface area contributed by atoms with Crippen molar-refractivity contribution in [1.29, 1.82) is 0 Å². The van der Waals surface area contributed by atoms with Crippen LogP contribution in [0.15, 0.2) is 65.1 Å². The molecule has 0 saturated carbocycles. The van der Waals surface area contributed by atoms with Crippen LogP contribution >= 0.6 is 23.1 Å². The van der Waals surface area contributed by atoms with Crippen LogP contribution in [-0.4, -0.2) is 27.0 Å². The maximum Gasteiger partial charge on any atom is 0.210 e. The molecule has 0 unspecified atom stereocenters. The molecule has 2 N–H and O–H groups in total. The summed E-state index contributed by atoms with van der Waals surface area (Å²) in [5, 5.41) is 12.3. The van der Waals surface area contributed by atoms with Crippen molar-refractivity contribution in [2.75, 3.05) is 13.0 Å². The number of benzene rings is 2. The van der Waals surface area contributed by atoms with E-state index in [1.54, 1.807) is 18.4 Å². The van der Waals surface area contributed by atoms with Gasteiger partial charge in [-0.15, -0.1) is 21.5 Å². The van der Waals surface area contributed by atoms with Gasteiger partial charge < -0.3 is 10.6 Å². The van der Waals surface area contributed by atoms with Crippen LogP contribution in [0.2, 0.25) is 0 Å². The highest BCUT2D eigenvalue weighted by atomic mass is 32.2. The molecule has 0 aliphatic heterocycles. The van der Waals surface area contributed by atoms with E-state index in [4.69, 9.17) is 15.6 Å². The Morgan fingerprint density at radius 2 is 1.86 bits per heavy atom. The predicted octanol–water partition coefficient (Wildman–Crippen LogP) is 4.01. The van der Waals surface area contributed by atoms with Crippen molar-refractivity contribution in [3.63, 3.8) is 0 Å². The van der Waals surface area contributed by atoms with E-state index in [0.29, 0.717) is 16.7 Å². The first-order valence-corrected chi connectivity index (χ1v) is 10.5. The van der Waals surface area contributed by atoms with Gasteiger partial charge in [0.2, 0.25) is 5.16 Å². The van der Waals surface area contributed by atoms with Crippen molar-refractivity contribution in [3.8, 4) is 17.1 Å². The average molecular weight is 410 g/mol. The molecule has 8 heteroatoms. The highest BCUT2D eigenvalue weighted by Gasteiger charge is 2.13. The minimum Gasteiger partial charge on any atom is -0.497 e. The van der Waals surface area contributed by atoms with Crippen LogP contribution in [0.25, 0.3) is 11.4 Å². The van der Waals surface area contributed by atoms with Crippen LogP contribution in [0.1, 0.15) is 16.3 Å². The number of methoxy groups -OCH3 is 1. The second-order valence-corrected chi connectivity index (χ2v) is 7.97. The lowest BCUT2D eigenvalue weighted by atomic mass is 10.2. The van der Waals surface area contributed by atoms with Crippen molar-refractivity contribution in [2.24, 2.45) is 0 Å². The van der Waals surface area contributed by atoms with Crippen molar-refractivity contribution in [1.82, 2.24) is 19.9 Å². The molecule has 0 saturated heterocycles. The van der Waals surface area contributed by atoms with Gasteiger partial charge in [-0.1, -0.05) is 42.1 Å². The number of nitrogen functional groups attached to an aromatic ring is 1. The molecule has 0 fully saturated rings. The second-order valence-electron chi connectivity index (χ2n) is 6.09. The highest BCUT2D eigenvalue weighted by Crippen LogP contribution is 2.26. The Morgan fingerprint density at radius 3 is 2.61 bits per heavy atom. The van der Waals surface area contributed by atoms with E-state index < -0.39 is 0 Å². The third kappa shape index (κ3) is 4.18. The quantitative estimate of drug-likeness (QED) is 0.367. The molecule has 0 spiro atoms. The Balaban J connectivity index is 1.41. The molecule has 2 heterocycles. The summed E-state index contributed by atoms with van der Waals surface area (Å²) in [6.45, 7) is 0. The number of nitrogens with zero attached hydrogens (tertiary/aromatic N) is 4. The smallest absolute Gasteiger partial charge is 0.210 e. The summed E-state index contributed by atoms with van der Waals surface area (Å²) in [5.41, 5.74) is 3.18. The van der Waals surface area contributed by atoms with Crippen molar-refractivity contribution < 1.29 is 4.74 Å². The maximum absolute atomic E-state index is 6.20. The first-order chi connectivity index (χ1) is 13.7. The number of thiazole rings is 1. The first-order valence-electron chi connectivity index (χ1n) is 8.68. The normalized spacial score (nSPS) is 10.9. The Hall–Kier alpha value is -2.84. The van der Waals surface area contributed by atoms with Crippen LogP contribution in [0.5, 0.6) is 5.75 Å². The van der Waals surface area contributed by atoms with Gasteiger partial charge in [-0.25, -0.2) is 9.66 Å². The number of hydrogen-bond acceptors (Lipinski definition) is 7. The molecule has 0 aliphatic carbocycles. The van der Waals surface area contributed by atoms with Gasteiger partial charge in [0.1, 0.15) is 5.75 Å². The molecule has 6 nitrogen and oxygen atoms in total. The van der Waals surface area contributed by atoms with Gasteiger partial charge in [0, 0.05) is 23.1 Å². The largest absolute Gasteiger partial charge is 0.497 e. The lowest BCUT2D eigenvalue weighted by Crippen LogP contribution is -2.11. The first kappa shape index (κ1) is 18.5. The van der Waals surface area contributed by atoms with Gasteiger partial charge in [0.05, 0.1) is 17.8 Å². The van der Waals surface area contributed by atoms with E-state index in [1.165, 1.54) is 22.0 Å². The Kier molecular flexibility index (Phi) is 5.59. The summed E-state index contributed by atoms with van der Waals surface area (Å²) in [7, 11) is 1.64. The zero-order valence-electron chi connectivity index (χ0n) is 15.3. The minimum absolute atomic E-state index is 0.619. The number of hydrogen-bond donors (Lipinski definition) is 1. The third-order valence-corrected chi connectivity index (χ3v) is 6.03. The maximum atomic E-state index is 6.20. The summed E-state index contributed by atoms with van der Waals surface area (Å²) in [6.07, 6.45) is 0.852. The standard InChI is InChI=1S/C20H19N5OS2/c1-26-17-9-7-15(8-10-17)19-23-24-20(25(19)21)28-13-16-12-27-18(22-16)11-14-5-3-2-4-6-14/h2-10,12H,11,13,21H2,1H3. The molecule has 0 bridgehead atoms. The van der Waals surface area contributed by atoms with E-state index in [-0.39, 0.29) is 0 Å². The van der Waals surface area contributed by atoms with E-state index in [2.05, 4.69) is 27.7 Å². The van der Waals surface area contributed by atoms with Crippen LogP contribution in [0.3, 0.4) is 0 Å². The Morgan fingerprint density at radius 1 is 1.07 bits per heavy atom. The fourth-order valence-electron chi connectivity index (χ4n) is 2.72. The van der Waals surface area contributed by atoms with Crippen molar-refractivity contribution in [3.05, 3.63) is 76.2 Å². The molecular formula is C20H19N5OS2. The molecule has 4 aromatic rings. The monoisotopic (exact) mass is 409 g/mol. The zero-order chi connectivity index (χ0) is 19.3. The summed E-state index contributed by atoms with van der Waals surface area (Å²) in [4.78, 5) is 4.72. The molecule has 2 aromatic carbocycles. The molecule has 0 atom stereocenters. The summed E-state index contributed by atoms with van der Waals surface area (Å²) in [6, 6.07) is 17.9. The van der Waals surface area contributed by atoms with Crippen LogP contribution in [-0.2, 0) is 12.2 Å². The SMILES string of the molecule is COc1ccc(-c2nnc(SCc3csc(Cc4ccccc4)n3)n2N)cc1. The summed E-state index contributed by atoms with van der Waals surface area (Å²) >= 11 is 3.21. The van der Waals surface area contributed by atoms with Gasteiger partial charge in [0.25, 0.3) is 0 Å². The van der Waals surface area contributed by atoms with Crippen molar-refractivity contribution in [2.45, 2.75) is 17.3 Å². The van der Waals surface area contributed by atoms with Gasteiger partial charge in [-0.2, -0.15) is 0 Å². The lowest BCUT2D eigenvalue weighted by Gasteiger charge is -2.04. The van der Waals surface area contributed by atoms with Crippen molar-refractivity contribution >= 4 is 23.1 Å². The topological polar surface area (TPSA) is 78.9 Å². The van der Waals surface area contributed by atoms with Crippen LogP contribution in [0.4, 0.5) is 0 Å². The van der Waals surface area contributed by atoms with E-state index >= 15 is 0 Å². The molecule has 28 heavy (non-hydrogen) atoms. The number of rotatable bonds is 7. The molecule has 0 amide bonds. The molecule has 2 aromatic heterocycles. The Labute approximate surface area is 171 Å². The third-order valence-electron chi connectivity index (χ3n) is 4.16. The fourth-order valence-corrected chi connectivity index (χ4v) is 4.40. The lowest BCUT2D eigenvalue weighted by molar-refractivity contribution is 0.415. The molecule has 142 valence electrons. The summed E-state index contributed by atoms with van der Waals surface area (Å²) < 4.78 is 6.70. The zero-order valence-corrected chi connectivity index (χ0v) is 16.9. The predicted molar refractivity (Wildman–Crippen MR) is 113 cm³/mol. The molecular weight excluding hydrogens is 390 g/mol. The molecule has 4 rings (SSSR count). The summed E-state index contributed by atoms with van der Waals surface area (Å²) in [5.74, 6) is 8.30. The molecule has 0 radical (unpaired) electrons. The number of nitrogens with two attached hydrogens (primary N) is 1. The van der Waals surface area contributed by atoms with E-state index in [9.17, 15) is 0 Å². The van der Waals surface area contributed by atoms with Gasteiger partial charge in [-0.05, 0) is 29.8 Å².